The van der Waals surface area contributed by atoms with Crippen LogP contribution in [0.3, 0.4) is 0 Å². The monoisotopic (exact) mass is 182 g/mol. The van der Waals surface area contributed by atoms with E-state index in [9.17, 15) is 22.0 Å². The summed E-state index contributed by atoms with van der Waals surface area (Å²) in [6.07, 6.45) is -3.14. The third-order valence-corrected chi connectivity index (χ3v) is 1.27. The second-order valence-electron chi connectivity index (χ2n) is 2.09. The lowest BCUT2D eigenvalue weighted by Crippen LogP contribution is -1.95. The highest BCUT2D eigenvalue weighted by Gasteiger charge is 2.16. The number of hydrogen-bond donors (Lipinski definition) is 0. The predicted molar refractivity (Wildman–Crippen MR) is 31.3 cm³/mol. The molecule has 0 nitrogen and oxygen atoms in total. The molecule has 66 valence electrons. The van der Waals surface area contributed by atoms with Crippen molar-refractivity contribution in [3.8, 4) is 0 Å². The lowest BCUT2D eigenvalue weighted by atomic mass is 10.2. The standard InChI is InChI=1S/C7H3F5/c8-4-2-6(10)5(9)1-3(4)7(11)12/h1-2,7H. The first-order valence-corrected chi connectivity index (χ1v) is 2.95. The highest BCUT2D eigenvalue weighted by Crippen LogP contribution is 2.23. The summed E-state index contributed by atoms with van der Waals surface area (Å²) in [5, 5.41) is 0. The average Bonchev–Trinajstić information content (AvgIpc) is 1.96. The molecule has 0 aliphatic rings. The first kappa shape index (κ1) is 8.96. The van der Waals surface area contributed by atoms with Crippen molar-refractivity contribution < 1.29 is 22.0 Å². The van der Waals surface area contributed by atoms with Crippen molar-refractivity contribution in [2.24, 2.45) is 0 Å². The highest BCUT2D eigenvalue weighted by molar-refractivity contribution is 5.20. The van der Waals surface area contributed by atoms with Gasteiger partial charge in [-0.05, 0) is 6.07 Å². The molecule has 0 spiro atoms. The molecule has 0 saturated carbocycles. The van der Waals surface area contributed by atoms with Crippen LogP contribution < -0.4 is 0 Å². The van der Waals surface area contributed by atoms with Crippen molar-refractivity contribution in [2.45, 2.75) is 6.43 Å². The van der Waals surface area contributed by atoms with Gasteiger partial charge >= 0.3 is 0 Å². The Bertz CT molecular complexity index is 294. The molecule has 0 saturated heterocycles. The Morgan fingerprint density at radius 2 is 1.33 bits per heavy atom. The van der Waals surface area contributed by atoms with Crippen molar-refractivity contribution in [1.29, 1.82) is 0 Å². The summed E-state index contributed by atoms with van der Waals surface area (Å²) in [6, 6.07) is 0.242. The smallest absolute Gasteiger partial charge is 0.206 e. The van der Waals surface area contributed by atoms with Crippen LogP contribution in [0, 0.1) is 17.5 Å². The van der Waals surface area contributed by atoms with Gasteiger partial charge in [0.1, 0.15) is 5.82 Å². The van der Waals surface area contributed by atoms with Crippen LogP contribution in [-0.2, 0) is 0 Å². The summed E-state index contributed by atoms with van der Waals surface area (Å²) in [4.78, 5) is 0. The third-order valence-electron chi connectivity index (χ3n) is 1.27. The Hall–Kier alpha value is -1.13. The molecule has 12 heavy (non-hydrogen) atoms. The molecule has 0 atom stereocenters. The first-order chi connectivity index (χ1) is 5.52. The van der Waals surface area contributed by atoms with Crippen LogP contribution in [0.1, 0.15) is 12.0 Å². The fourth-order valence-electron chi connectivity index (χ4n) is 0.705. The molecule has 0 unspecified atom stereocenters. The highest BCUT2D eigenvalue weighted by atomic mass is 19.3. The Morgan fingerprint density at radius 3 is 1.83 bits per heavy atom. The lowest BCUT2D eigenvalue weighted by Gasteiger charge is -2.01. The maximum atomic E-state index is 12.4. The number of hydrogen-bond acceptors (Lipinski definition) is 0. The van der Waals surface area contributed by atoms with Crippen molar-refractivity contribution in [3.05, 3.63) is 35.1 Å². The Balaban J connectivity index is 3.23. The van der Waals surface area contributed by atoms with E-state index < -0.39 is 29.4 Å². The number of halogens is 5. The van der Waals surface area contributed by atoms with Gasteiger partial charge in [0.2, 0.25) is 0 Å². The van der Waals surface area contributed by atoms with Gasteiger partial charge in [0.15, 0.2) is 11.6 Å². The van der Waals surface area contributed by atoms with E-state index in [2.05, 4.69) is 0 Å². The van der Waals surface area contributed by atoms with Crippen molar-refractivity contribution in [2.75, 3.05) is 0 Å². The molecule has 0 N–H and O–H groups in total. The van der Waals surface area contributed by atoms with Gasteiger partial charge in [0, 0.05) is 6.07 Å². The van der Waals surface area contributed by atoms with Crippen LogP contribution in [0.15, 0.2) is 12.1 Å². The molecule has 0 bridgehead atoms. The summed E-state index contributed by atoms with van der Waals surface area (Å²) < 4.78 is 60.4. The van der Waals surface area contributed by atoms with E-state index in [0.717, 1.165) is 0 Å². The first-order valence-electron chi connectivity index (χ1n) is 2.95. The van der Waals surface area contributed by atoms with E-state index in [0.29, 0.717) is 0 Å². The van der Waals surface area contributed by atoms with E-state index >= 15 is 0 Å². The normalized spacial score (nSPS) is 10.8. The van der Waals surface area contributed by atoms with E-state index in [-0.39, 0.29) is 12.1 Å². The molecule has 1 aromatic rings. The zero-order valence-corrected chi connectivity index (χ0v) is 5.62. The molecule has 0 radical (unpaired) electrons. The molecule has 0 aliphatic heterocycles. The van der Waals surface area contributed by atoms with Crippen LogP contribution in [0.25, 0.3) is 0 Å². The number of rotatable bonds is 1. The summed E-state index contributed by atoms with van der Waals surface area (Å²) in [7, 11) is 0. The van der Waals surface area contributed by atoms with Crippen LogP contribution in [0.5, 0.6) is 0 Å². The molecule has 1 rings (SSSR count). The fourth-order valence-corrected chi connectivity index (χ4v) is 0.705. The maximum Gasteiger partial charge on any atom is 0.266 e. The lowest BCUT2D eigenvalue weighted by molar-refractivity contribution is 0.145. The minimum Gasteiger partial charge on any atom is -0.206 e. The van der Waals surface area contributed by atoms with Gasteiger partial charge < -0.3 is 0 Å². The van der Waals surface area contributed by atoms with Gasteiger partial charge in [-0.2, -0.15) is 0 Å². The van der Waals surface area contributed by atoms with Crippen LogP contribution in [0.4, 0.5) is 22.0 Å². The molecular weight excluding hydrogens is 179 g/mol. The van der Waals surface area contributed by atoms with E-state index in [1.165, 1.54) is 0 Å². The summed E-state index contributed by atoms with van der Waals surface area (Å²) in [5.41, 5.74) is -1.13. The predicted octanol–water partition coefficient (Wildman–Crippen LogP) is 3.04. The van der Waals surface area contributed by atoms with Crippen LogP contribution >= 0.6 is 0 Å². The summed E-state index contributed by atoms with van der Waals surface area (Å²) in [6.45, 7) is 0. The van der Waals surface area contributed by atoms with E-state index in [4.69, 9.17) is 0 Å². The molecule has 0 aromatic heterocycles. The van der Waals surface area contributed by atoms with Gasteiger partial charge in [-0.3, -0.25) is 0 Å². The second-order valence-corrected chi connectivity index (χ2v) is 2.09. The topological polar surface area (TPSA) is 0 Å². The molecule has 0 aliphatic carbocycles. The minimum atomic E-state index is -3.14. The molecule has 0 fully saturated rings. The quantitative estimate of drug-likeness (QED) is 0.462. The molecule has 0 heterocycles. The Morgan fingerprint density at radius 1 is 0.833 bits per heavy atom. The molecular formula is C7H3F5. The van der Waals surface area contributed by atoms with E-state index in [1.54, 1.807) is 0 Å². The summed E-state index contributed by atoms with van der Waals surface area (Å²) in [5.74, 6) is -4.40. The Labute approximate surface area is 64.6 Å². The van der Waals surface area contributed by atoms with Gasteiger partial charge in [0.05, 0.1) is 5.56 Å². The van der Waals surface area contributed by atoms with Crippen molar-refractivity contribution in [1.82, 2.24) is 0 Å². The zero-order chi connectivity index (χ0) is 9.30. The zero-order valence-electron chi connectivity index (χ0n) is 5.62. The number of alkyl halides is 2. The second kappa shape index (κ2) is 3.08. The van der Waals surface area contributed by atoms with Gasteiger partial charge in [-0.1, -0.05) is 0 Å². The minimum absolute atomic E-state index is 0.0941. The molecule has 0 amide bonds. The van der Waals surface area contributed by atoms with Gasteiger partial charge in [0.25, 0.3) is 6.43 Å². The number of benzene rings is 1. The van der Waals surface area contributed by atoms with Crippen molar-refractivity contribution >= 4 is 0 Å². The third kappa shape index (κ3) is 1.54. The van der Waals surface area contributed by atoms with Gasteiger partial charge in [-0.15, -0.1) is 0 Å². The fraction of sp³-hybridized carbons (Fsp3) is 0.143. The SMILES string of the molecule is Fc1cc(F)c(C(F)F)cc1F. The Kier molecular flexibility index (Phi) is 2.30. The van der Waals surface area contributed by atoms with Crippen molar-refractivity contribution in [3.63, 3.8) is 0 Å². The average molecular weight is 182 g/mol. The molecule has 1 aromatic carbocycles. The van der Waals surface area contributed by atoms with Crippen LogP contribution in [-0.4, -0.2) is 0 Å². The largest absolute Gasteiger partial charge is 0.266 e. The van der Waals surface area contributed by atoms with E-state index in [1.807, 2.05) is 0 Å². The maximum absolute atomic E-state index is 12.4. The van der Waals surface area contributed by atoms with Crippen LogP contribution in [0.2, 0.25) is 0 Å². The van der Waals surface area contributed by atoms with Gasteiger partial charge in [-0.25, -0.2) is 22.0 Å². The molecule has 5 heteroatoms. The summed E-state index contributed by atoms with van der Waals surface area (Å²) >= 11 is 0.